The van der Waals surface area contributed by atoms with Crippen molar-refractivity contribution >= 4 is 17.2 Å². The summed E-state index contributed by atoms with van der Waals surface area (Å²) < 4.78 is 5.24. The van der Waals surface area contributed by atoms with Gasteiger partial charge in [0.05, 0.1) is 6.20 Å². The number of carbonyl (C=O) groups excluding carboxylic acids is 1. The van der Waals surface area contributed by atoms with E-state index in [2.05, 4.69) is 10.3 Å². The van der Waals surface area contributed by atoms with Crippen molar-refractivity contribution in [2.24, 2.45) is 5.73 Å². The Hall–Kier alpha value is -1.18. The number of rotatable bonds is 7. The lowest BCUT2D eigenvalue weighted by Gasteiger charge is -2.13. The largest absolute Gasteiger partial charge is 0.467 e. The van der Waals surface area contributed by atoms with Crippen molar-refractivity contribution in [2.45, 2.75) is 26.0 Å². The molecule has 0 aliphatic rings. The number of aromatic nitrogens is 1. The molecule has 0 aliphatic heterocycles. The minimum Gasteiger partial charge on any atom is -0.467 e. The van der Waals surface area contributed by atoms with Crippen LogP contribution in [0.2, 0.25) is 0 Å². The van der Waals surface area contributed by atoms with Crippen LogP contribution in [0, 0.1) is 0 Å². The summed E-state index contributed by atoms with van der Waals surface area (Å²) in [5, 5.41) is 13.0. The third-order valence-corrected chi connectivity index (χ3v) is 2.81. The Morgan fingerprint density at radius 1 is 1.71 bits per heavy atom. The SMILES string of the molecule is CC(C)NCC(O)COc1ncc(C(N)=O)s1. The van der Waals surface area contributed by atoms with E-state index in [9.17, 15) is 9.90 Å². The number of carbonyl (C=O) groups is 1. The maximum Gasteiger partial charge on any atom is 0.273 e. The Kier molecular flexibility index (Phi) is 5.33. The maximum absolute atomic E-state index is 10.8. The number of nitrogens with two attached hydrogens (primary N) is 1. The Labute approximate surface area is 104 Å². The normalized spacial score (nSPS) is 12.7. The molecule has 0 bridgehead atoms. The van der Waals surface area contributed by atoms with Gasteiger partial charge in [-0.1, -0.05) is 25.2 Å². The molecule has 6 nitrogen and oxygen atoms in total. The molecule has 1 atom stereocenters. The van der Waals surface area contributed by atoms with Gasteiger partial charge in [0.15, 0.2) is 0 Å². The summed E-state index contributed by atoms with van der Waals surface area (Å²) in [6.45, 7) is 4.57. The van der Waals surface area contributed by atoms with E-state index < -0.39 is 12.0 Å². The lowest BCUT2D eigenvalue weighted by molar-refractivity contribution is 0.100. The zero-order chi connectivity index (χ0) is 12.8. The third kappa shape index (κ3) is 5.12. The molecular formula is C10H17N3O3S. The van der Waals surface area contributed by atoms with E-state index in [0.29, 0.717) is 22.7 Å². The third-order valence-electron chi connectivity index (χ3n) is 1.89. The number of hydrogen-bond donors (Lipinski definition) is 3. The zero-order valence-corrected chi connectivity index (χ0v) is 10.7. The minimum absolute atomic E-state index is 0.130. The highest BCUT2D eigenvalue weighted by Crippen LogP contribution is 2.19. The number of hydrogen-bond acceptors (Lipinski definition) is 6. The number of aliphatic hydroxyl groups excluding tert-OH is 1. The first-order chi connectivity index (χ1) is 7.99. The van der Waals surface area contributed by atoms with Crippen LogP contribution in [0.3, 0.4) is 0 Å². The van der Waals surface area contributed by atoms with Gasteiger partial charge in [0.1, 0.15) is 17.6 Å². The maximum atomic E-state index is 10.8. The zero-order valence-electron chi connectivity index (χ0n) is 9.84. The van der Waals surface area contributed by atoms with Crippen LogP contribution in [-0.2, 0) is 0 Å². The molecule has 0 fully saturated rings. The monoisotopic (exact) mass is 259 g/mol. The number of primary amides is 1. The molecule has 1 aromatic rings. The molecule has 7 heteroatoms. The van der Waals surface area contributed by atoms with Crippen molar-refractivity contribution in [3.8, 4) is 5.19 Å². The molecule has 4 N–H and O–H groups in total. The molecule has 17 heavy (non-hydrogen) atoms. The number of aliphatic hydroxyl groups is 1. The van der Waals surface area contributed by atoms with E-state index in [1.165, 1.54) is 6.20 Å². The summed E-state index contributed by atoms with van der Waals surface area (Å²) in [6, 6.07) is 0.311. The number of thiazole rings is 1. The average Bonchev–Trinajstić information content (AvgIpc) is 2.72. The van der Waals surface area contributed by atoms with Crippen LogP contribution in [-0.4, -0.2) is 41.3 Å². The smallest absolute Gasteiger partial charge is 0.273 e. The van der Waals surface area contributed by atoms with E-state index in [-0.39, 0.29) is 6.61 Å². The van der Waals surface area contributed by atoms with Crippen molar-refractivity contribution < 1.29 is 14.6 Å². The van der Waals surface area contributed by atoms with Gasteiger partial charge in [0.2, 0.25) is 0 Å². The van der Waals surface area contributed by atoms with Gasteiger partial charge in [-0.15, -0.1) is 0 Å². The number of nitrogens with one attached hydrogen (secondary N) is 1. The van der Waals surface area contributed by atoms with E-state index in [4.69, 9.17) is 10.5 Å². The molecule has 0 saturated heterocycles. The van der Waals surface area contributed by atoms with Crippen molar-refractivity contribution in [3.05, 3.63) is 11.1 Å². The molecule has 1 unspecified atom stereocenters. The van der Waals surface area contributed by atoms with Crippen LogP contribution in [0.5, 0.6) is 5.19 Å². The first kappa shape index (κ1) is 13.9. The molecular weight excluding hydrogens is 242 g/mol. The summed E-state index contributed by atoms with van der Waals surface area (Å²) in [6.07, 6.45) is 0.750. The highest BCUT2D eigenvalue weighted by Gasteiger charge is 2.10. The summed E-state index contributed by atoms with van der Waals surface area (Å²) in [7, 11) is 0. The van der Waals surface area contributed by atoms with Crippen molar-refractivity contribution in [1.29, 1.82) is 0 Å². The minimum atomic E-state index is -0.613. The van der Waals surface area contributed by atoms with Crippen molar-refractivity contribution in [3.63, 3.8) is 0 Å². The second kappa shape index (κ2) is 6.53. The summed E-state index contributed by atoms with van der Waals surface area (Å²) in [5.74, 6) is -0.528. The van der Waals surface area contributed by atoms with E-state index in [0.717, 1.165) is 11.3 Å². The first-order valence-corrected chi connectivity index (χ1v) is 6.10. The molecule has 1 aromatic heterocycles. The van der Waals surface area contributed by atoms with Crippen LogP contribution < -0.4 is 15.8 Å². The highest BCUT2D eigenvalue weighted by atomic mass is 32.1. The molecule has 1 amide bonds. The fourth-order valence-electron chi connectivity index (χ4n) is 1.04. The molecule has 1 rings (SSSR count). The van der Waals surface area contributed by atoms with Crippen molar-refractivity contribution in [2.75, 3.05) is 13.2 Å². The molecule has 0 saturated carbocycles. The van der Waals surface area contributed by atoms with Gasteiger partial charge in [-0.25, -0.2) is 4.98 Å². The molecule has 0 aromatic carbocycles. The second-order valence-electron chi connectivity index (χ2n) is 3.88. The predicted octanol–water partition coefficient (Wildman–Crippen LogP) is -0.0203. The van der Waals surface area contributed by atoms with Gasteiger partial charge < -0.3 is 20.9 Å². The number of amides is 1. The van der Waals surface area contributed by atoms with E-state index in [1.54, 1.807) is 0 Å². The van der Waals surface area contributed by atoms with Crippen LogP contribution in [0.15, 0.2) is 6.20 Å². The first-order valence-electron chi connectivity index (χ1n) is 5.29. The lowest BCUT2D eigenvalue weighted by atomic mass is 10.3. The summed E-state index contributed by atoms with van der Waals surface area (Å²) in [5.41, 5.74) is 5.08. The number of nitrogens with zero attached hydrogens (tertiary/aromatic N) is 1. The average molecular weight is 259 g/mol. The van der Waals surface area contributed by atoms with Crippen LogP contribution in [0.25, 0.3) is 0 Å². The highest BCUT2D eigenvalue weighted by molar-refractivity contribution is 7.15. The van der Waals surface area contributed by atoms with Gasteiger partial charge >= 0.3 is 0 Å². The van der Waals surface area contributed by atoms with Gasteiger partial charge in [-0.05, 0) is 0 Å². The van der Waals surface area contributed by atoms with Gasteiger partial charge in [0, 0.05) is 12.6 Å². The summed E-state index contributed by atoms with van der Waals surface area (Å²) >= 11 is 1.07. The Balaban J connectivity index is 2.31. The molecule has 1 heterocycles. The van der Waals surface area contributed by atoms with Crippen LogP contribution in [0.1, 0.15) is 23.5 Å². The fourth-order valence-corrected chi connectivity index (χ4v) is 1.66. The quantitative estimate of drug-likeness (QED) is 0.639. The van der Waals surface area contributed by atoms with Gasteiger partial charge in [-0.2, -0.15) is 0 Å². The van der Waals surface area contributed by atoms with Gasteiger partial charge in [0.25, 0.3) is 11.1 Å². The Morgan fingerprint density at radius 3 is 2.94 bits per heavy atom. The van der Waals surface area contributed by atoms with Crippen LogP contribution >= 0.6 is 11.3 Å². The lowest BCUT2D eigenvalue weighted by Crippen LogP contribution is -2.35. The topological polar surface area (TPSA) is 97.5 Å². The molecule has 96 valence electrons. The Bertz CT molecular complexity index is 367. The predicted molar refractivity (Wildman–Crippen MR) is 65.3 cm³/mol. The molecule has 0 spiro atoms. The van der Waals surface area contributed by atoms with E-state index in [1.807, 2.05) is 13.8 Å². The standard InChI is InChI=1S/C10H17N3O3S/c1-6(2)12-3-7(14)5-16-10-13-4-8(17-10)9(11)15/h4,6-7,12,14H,3,5H2,1-2H3,(H2,11,15). The molecule has 0 radical (unpaired) electrons. The van der Waals surface area contributed by atoms with Crippen molar-refractivity contribution in [1.82, 2.24) is 10.3 Å². The molecule has 0 aliphatic carbocycles. The van der Waals surface area contributed by atoms with Crippen LogP contribution in [0.4, 0.5) is 0 Å². The van der Waals surface area contributed by atoms with E-state index >= 15 is 0 Å². The second-order valence-corrected chi connectivity index (χ2v) is 4.88. The summed E-state index contributed by atoms with van der Waals surface area (Å²) in [4.78, 5) is 15.0. The fraction of sp³-hybridized carbons (Fsp3) is 0.600. The van der Waals surface area contributed by atoms with Gasteiger partial charge in [-0.3, -0.25) is 4.79 Å². The Morgan fingerprint density at radius 2 is 2.41 bits per heavy atom. The number of ether oxygens (including phenoxy) is 1.